The number of nitrogens with zero attached hydrogens (tertiary/aromatic N) is 2. The lowest BCUT2D eigenvalue weighted by atomic mass is 10.1. The maximum absolute atomic E-state index is 10.2. The zero-order chi connectivity index (χ0) is 13.1. The molecule has 0 radical (unpaired) electrons. The highest BCUT2D eigenvalue weighted by Crippen LogP contribution is 2.28. The first-order valence-corrected chi connectivity index (χ1v) is 6.37. The monoisotopic (exact) mass is 261 g/mol. The summed E-state index contributed by atoms with van der Waals surface area (Å²) in [6.45, 7) is 7.45. The molecule has 0 aliphatic rings. The Bertz CT molecular complexity index is 546. The molecule has 0 fully saturated rings. The summed E-state index contributed by atoms with van der Waals surface area (Å²) in [5.41, 5.74) is 2.34. The van der Waals surface area contributed by atoms with Crippen LogP contribution < -0.4 is 5.32 Å². The van der Waals surface area contributed by atoms with E-state index in [0.717, 1.165) is 10.6 Å². The van der Waals surface area contributed by atoms with Gasteiger partial charge in [-0.3, -0.25) is 4.99 Å². The molecular formula is C13H15N3OS. The van der Waals surface area contributed by atoms with Gasteiger partial charge in [0.25, 0.3) is 0 Å². The number of nitrogens with one attached hydrogen (secondary N) is 1. The Balaban J connectivity index is 2.21. The van der Waals surface area contributed by atoms with Crippen LogP contribution in [0.5, 0.6) is 0 Å². The zero-order valence-electron chi connectivity index (χ0n) is 10.3. The Morgan fingerprint density at radius 1 is 1.39 bits per heavy atom. The van der Waals surface area contributed by atoms with Crippen molar-refractivity contribution in [2.75, 3.05) is 5.32 Å². The number of aromatic nitrogens is 1. The predicted molar refractivity (Wildman–Crippen MR) is 75.8 cm³/mol. The van der Waals surface area contributed by atoms with Crippen molar-refractivity contribution in [3.8, 4) is 0 Å². The lowest BCUT2D eigenvalue weighted by Crippen LogP contribution is -2.09. The normalized spacial score (nSPS) is 12.2. The third-order valence-electron chi connectivity index (χ3n) is 2.69. The van der Waals surface area contributed by atoms with Crippen molar-refractivity contribution in [1.82, 2.24) is 4.98 Å². The van der Waals surface area contributed by atoms with E-state index in [-0.39, 0.29) is 0 Å². The molecule has 1 aromatic heterocycles. The standard InChI is InChI=1S/C13H15N3OS/c1-8-9(2)18-13(15-8)16-12(17)10-6-4-5-7-11(10)14-3/h4-7,12,17H,3H2,1-2H3,(H,15,16). The van der Waals surface area contributed by atoms with E-state index in [1.807, 2.05) is 38.1 Å². The molecule has 1 heterocycles. The number of thiazole rings is 1. The number of benzene rings is 1. The minimum Gasteiger partial charge on any atom is -0.369 e. The maximum Gasteiger partial charge on any atom is 0.185 e. The fraction of sp³-hybridized carbons (Fsp3) is 0.231. The molecule has 18 heavy (non-hydrogen) atoms. The van der Waals surface area contributed by atoms with Gasteiger partial charge in [-0.05, 0) is 26.6 Å². The van der Waals surface area contributed by atoms with Crippen molar-refractivity contribution >= 4 is 28.9 Å². The second-order valence-electron chi connectivity index (χ2n) is 3.92. The lowest BCUT2D eigenvalue weighted by molar-refractivity contribution is 0.209. The molecule has 2 aromatic rings. The first kappa shape index (κ1) is 12.7. The van der Waals surface area contributed by atoms with Gasteiger partial charge in [-0.15, -0.1) is 11.3 Å². The first-order chi connectivity index (χ1) is 8.61. The lowest BCUT2D eigenvalue weighted by Gasteiger charge is -2.13. The molecule has 1 unspecified atom stereocenters. The van der Waals surface area contributed by atoms with E-state index in [1.54, 1.807) is 0 Å². The Labute approximate surface area is 110 Å². The number of anilines is 1. The van der Waals surface area contributed by atoms with E-state index < -0.39 is 6.23 Å². The minimum atomic E-state index is -0.836. The second-order valence-corrected chi connectivity index (χ2v) is 5.13. The largest absolute Gasteiger partial charge is 0.369 e. The Hall–Kier alpha value is -1.72. The smallest absolute Gasteiger partial charge is 0.185 e. The molecule has 0 saturated carbocycles. The Kier molecular flexibility index (Phi) is 3.74. The number of rotatable bonds is 4. The molecule has 0 aliphatic heterocycles. The minimum absolute atomic E-state index is 0.669. The van der Waals surface area contributed by atoms with Gasteiger partial charge in [-0.25, -0.2) is 4.98 Å². The van der Waals surface area contributed by atoms with Gasteiger partial charge >= 0.3 is 0 Å². The predicted octanol–water partition coefficient (Wildman–Crippen LogP) is 3.20. The fourth-order valence-corrected chi connectivity index (χ4v) is 2.43. The molecule has 1 aromatic carbocycles. The second kappa shape index (κ2) is 5.29. The summed E-state index contributed by atoms with van der Waals surface area (Å²) in [5, 5.41) is 13.8. The molecule has 0 spiro atoms. The number of aryl methyl sites for hydroxylation is 2. The average molecular weight is 261 g/mol. The fourth-order valence-electron chi connectivity index (χ4n) is 1.59. The molecule has 5 heteroatoms. The zero-order valence-corrected chi connectivity index (χ0v) is 11.2. The van der Waals surface area contributed by atoms with Crippen LogP contribution >= 0.6 is 11.3 Å². The number of hydrogen-bond donors (Lipinski definition) is 2. The van der Waals surface area contributed by atoms with Gasteiger partial charge in [0, 0.05) is 10.4 Å². The van der Waals surface area contributed by atoms with Crippen LogP contribution in [-0.4, -0.2) is 16.8 Å². The summed E-state index contributed by atoms with van der Waals surface area (Å²) in [7, 11) is 0. The molecule has 0 bridgehead atoms. The van der Waals surface area contributed by atoms with Gasteiger partial charge in [0.1, 0.15) is 0 Å². The Morgan fingerprint density at radius 2 is 2.11 bits per heavy atom. The number of hydrogen-bond acceptors (Lipinski definition) is 5. The van der Waals surface area contributed by atoms with Crippen LogP contribution in [-0.2, 0) is 0 Å². The van der Waals surface area contributed by atoms with Gasteiger partial charge in [0.2, 0.25) is 0 Å². The summed E-state index contributed by atoms with van der Waals surface area (Å²) in [4.78, 5) is 9.36. The van der Waals surface area contributed by atoms with Crippen LogP contribution in [0.25, 0.3) is 0 Å². The van der Waals surface area contributed by atoms with Crippen LogP contribution in [0.3, 0.4) is 0 Å². The van der Waals surface area contributed by atoms with Crippen molar-refractivity contribution in [1.29, 1.82) is 0 Å². The third-order valence-corrected chi connectivity index (χ3v) is 3.69. The third kappa shape index (κ3) is 2.57. The molecule has 0 saturated heterocycles. The average Bonchev–Trinajstić information content (AvgIpc) is 2.68. The summed E-state index contributed by atoms with van der Waals surface area (Å²) in [5.74, 6) is 0. The van der Waals surface area contributed by atoms with E-state index in [1.165, 1.54) is 11.3 Å². The summed E-state index contributed by atoms with van der Waals surface area (Å²) in [6.07, 6.45) is -0.836. The first-order valence-electron chi connectivity index (χ1n) is 5.56. The molecule has 4 nitrogen and oxygen atoms in total. The molecule has 94 valence electrons. The highest BCUT2D eigenvalue weighted by molar-refractivity contribution is 7.15. The highest BCUT2D eigenvalue weighted by Gasteiger charge is 2.13. The van der Waals surface area contributed by atoms with Gasteiger partial charge in [-0.2, -0.15) is 0 Å². The number of para-hydroxylation sites is 1. The molecule has 0 aliphatic carbocycles. The summed E-state index contributed by atoms with van der Waals surface area (Å²) < 4.78 is 0. The topological polar surface area (TPSA) is 57.5 Å². The van der Waals surface area contributed by atoms with Gasteiger partial charge < -0.3 is 10.4 Å². The van der Waals surface area contributed by atoms with Crippen molar-refractivity contribution in [2.45, 2.75) is 20.1 Å². The van der Waals surface area contributed by atoms with Crippen molar-refractivity contribution < 1.29 is 5.11 Å². The highest BCUT2D eigenvalue weighted by atomic mass is 32.1. The molecular weight excluding hydrogens is 246 g/mol. The van der Waals surface area contributed by atoms with Crippen LogP contribution in [0.15, 0.2) is 29.3 Å². The van der Waals surface area contributed by atoms with Crippen molar-refractivity contribution in [3.63, 3.8) is 0 Å². The quantitative estimate of drug-likeness (QED) is 0.656. The van der Waals surface area contributed by atoms with E-state index >= 15 is 0 Å². The molecule has 1 atom stereocenters. The van der Waals surface area contributed by atoms with E-state index in [4.69, 9.17) is 0 Å². The molecule has 2 N–H and O–H groups in total. The van der Waals surface area contributed by atoms with Crippen LogP contribution in [0.2, 0.25) is 0 Å². The molecule has 0 amide bonds. The van der Waals surface area contributed by atoms with Crippen LogP contribution in [0.1, 0.15) is 22.4 Å². The molecule has 2 rings (SSSR count). The van der Waals surface area contributed by atoms with Gasteiger partial charge in [-0.1, -0.05) is 18.2 Å². The number of aliphatic imine (C=N–C) groups is 1. The summed E-state index contributed by atoms with van der Waals surface area (Å²) in [6, 6.07) is 7.34. The maximum atomic E-state index is 10.2. The van der Waals surface area contributed by atoms with Crippen LogP contribution in [0, 0.1) is 13.8 Å². The SMILES string of the molecule is C=Nc1ccccc1C(O)Nc1nc(C)c(C)s1. The van der Waals surface area contributed by atoms with E-state index in [0.29, 0.717) is 16.4 Å². The number of aliphatic hydroxyl groups excluding tert-OH is 1. The van der Waals surface area contributed by atoms with Crippen molar-refractivity contribution in [2.24, 2.45) is 4.99 Å². The number of aliphatic hydroxyl groups is 1. The van der Waals surface area contributed by atoms with E-state index in [9.17, 15) is 5.11 Å². The Morgan fingerprint density at radius 3 is 2.72 bits per heavy atom. The van der Waals surface area contributed by atoms with Gasteiger partial charge in [0.15, 0.2) is 11.4 Å². The van der Waals surface area contributed by atoms with Crippen molar-refractivity contribution in [3.05, 3.63) is 40.4 Å². The summed E-state index contributed by atoms with van der Waals surface area (Å²) >= 11 is 1.52. The van der Waals surface area contributed by atoms with Gasteiger partial charge in [0.05, 0.1) is 11.4 Å². The van der Waals surface area contributed by atoms with E-state index in [2.05, 4.69) is 22.0 Å². The van der Waals surface area contributed by atoms with Crippen LogP contribution in [0.4, 0.5) is 10.8 Å².